The summed E-state index contributed by atoms with van der Waals surface area (Å²) in [7, 11) is 0. The Bertz CT molecular complexity index is 209. The monoisotopic (exact) mass is 212 g/mol. The van der Waals surface area contributed by atoms with Crippen LogP contribution in [0.4, 0.5) is 0 Å². The molecule has 3 heteroatoms. The van der Waals surface area contributed by atoms with Crippen molar-refractivity contribution in [2.75, 3.05) is 13.2 Å². The summed E-state index contributed by atoms with van der Waals surface area (Å²) in [5.41, 5.74) is 0. The molecular weight excluding hydrogens is 192 g/mol. The molecule has 1 aliphatic carbocycles. The van der Waals surface area contributed by atoms with E-state index in [9.17, 15) is 5.11 Å². The minimum atomic E-state index is -0.378. The molecule has 86 valence electrons. The van der Waals surface area contributed by atoms with Gasteiger partial charge in [0.25, 0.3) is 0 Å². The maximum atomic E-state index is 9.43. The molecule has 1 spiro atoms. The van der Waals surface area contributed by atoms with E-state index in [1.165, 1.54) is 0 Å². The first-order chi connectivity index (χ1) is 7.24. The lowest BCUT2D eigenvalue weighted by Gasteiger charge is -2.43. The topological polar surface area (TPSA) is 38.7 Å². The molecule has 0 atom stereocenters. The van der Waals surface area contributed by atoms with Gasteiger partial charge in [-0.1, -0.05) is 6.08 Å². The van der Waals surface area contributed by atoms with E-state index < -0.39 is 0 Å². The van der Waals surface area contributed by atoms with Crippen LogP contribution in [0, 0.1) is 5.92 Å². The van der Waals surface area contributed by atoms with E-state index in [-0.39, 0.29) is 11.9 Å². The van der Waals surface area contributed by atoms with Gasteiger partial charge in [-0.2, -0.15) is 0 Å². The zero-order chi connectivity index (χ0) is 10.7. The summed E-state index contributed by atoms with van der Waals surface area (Å²) in [6.45, 7) is 5.26. The van der Waals surface area contributed by atoms with Crippen molar-refractivity contribution < 1.29 is 14.6 Å². The second-order valence-corrected chi connectivity index (χ2v) is 4.65. The number of ether oxygens (including phenoxy) is 2. The van der Waals surface area contributed by atoms with Gasteiger partial charge in [0.1, 0.15) is 0 Å². The van der Waals surface area contributed by atoms with Gasteiger partial charge in [0.2, 0.25) is 0 Å². The average molecular weight is 212 g/mol. The summed E-state index contributed by atoms with van der Waals surface area (Å²) >= 11 is 0. The van der Waals surface area contributed by atoms with E-state index in [0.29, 0.717) is 5.92 Å². The first-order valence-electron chi connectivity index (χ1n) is 5.81. The van der Waals surface area contributed by atoms with E-state index in [2.05, 4.69) is 6.58 Å². The Labute approximate surface area is 91.1 Å². The van der Waals surface area contributed by atoms with Gasteiger partial charge in [-0.15, -0.1) is 6.58 Å². The van der Waals surface area contributed by atoms with Crippen LogP contribution in [0.5, 0.6) is 0 Å². The molecule has 0 aromatic heterocycles. The predicted molar refractivity (Wildman–Crippen MR) is 57.4 cm³/mol. The third-order valence-electron chi connectivity index (χ3n) is 3.38. The van der Waals surface area contributed by atoms with Crippen LogP contribution in [0.3, 0.4) is 0 Å². The zero-order valence-electron chi connectivity index (χ0n) is 9.15. The maximum Gasteiger partial charge on any atom is 0.168 e. The summed E-state index contributed by atoms with van der Waals surface area (Å²) in [6.07, 6.45) is 5.97. The highest BCUT2D eigenvalue weighted by Gasteiger charge is 2.40. The van der Waals surface area contributed by atoms with Gasteiger partial charge in [0.15, 0.2) is 5.79 Å². The molecule has 0 amide bonds. The Hall–Kier alpha value is -0.380. The lowest BCUT2D eigenvalue weighted by molar-refractivity contribution is -0.299. The number of allylic oxidation sites excluding steroid dienone is 1. The van der Waals surface area contributed by atoms with Gasteiger partial charge < -0.3 is 14.6 Å². The summed E-state index contributed by atoms with van der Waals surface area (Å²) in [5.74, 6) is 0.0802. The highest BCUT2D eigenvalue weighted by atomic mass is 16.7. The number of aliphatic hydroxyl groups excluding tert-OH is 1. The van der Waals surface area contributed by atoms with E-state index >= 15 is 0 Å². The Balaban J connectivity index is 1.83. The normalized spacial score (nSPS) is 41.7. The fourth-order valence-electron chi connectivity index (χ4n) is 2.33. The van der Waals surface area contributed by atoms with E-state index in [1.807, 2.05) is 6.08 Å². The number of hydrogen-bond acceptors (Lipinski definition) is 3. The van der Waals surface area contributed by atoms with E-state index in [0.717, 1.165) is 45.3 Å². The van der Waals surface area contributed by atoms with E-state index in [4.69, 9.17) is 9.47 Å². The Morgan fingerprint density at radius 3 is 2.40 bits per heavy atom. The smallest absolute Gasteiger partial charge is 0.168 e. The molecule has 2 aliphatic rings. The first-order valence-corrected chi connectivity index (χ1v) is 5.81. The molecule has 2 rings (SSSR count). The predicted octanol–water partition coefficient (Wildman–Crippen LogP) is 1.86. The molecule has 2 fully saturated rings. The third-order valence-corrected chi connectivity index (χ3v) is 3.38. The summed E-state index contributed by atoms with van der Waals surface area (Å²) in [4.78, 5) is 0. The second kappa shape index (κ2) is 4.64. The molecule has 15 heavy (non-hydrogen) atoms. The fourth-order valence-corrected chi connectivity index (χ4v) is 2.33. The minimum absolute atomic E-state index is 0.159. The van der Waals surface area contributed by atoms with Crippen molar-refractivity contribution in [3.8, 4) is 0 Å². The third kappa shape index (κ3) is 2.60. The summed E-state index contributed by atoms with van der Waals surface area (Å²) in [5, 5.41) is 9.43. The highest BCUT2D eigenvalue weighted by Crippen LogP contribution is 2.36. The summed E-state index contributed by atoms with van der Waals surface area (Å²) in [6, 6.07) is 0. The van der Waals surface area contributed by atoms with Crippen LogP contribution in [-0.4, -0.2) is 30.2 Å². The Morgan fingerprint density at radius 2 is 1.87 bits per heavy atom. The first kappa shape index (κ1) is 11.1. The Morgan fingerprint density at radius 1 is 1.27 bits per heavy atom. The molecule has 1 heterocycles. The van der Waals surface area contributed by atoms with Crippen LogP contribution in [0.2, 0.25) is 0 Å². The van der Waals surface area contributed by atoms with Crippen molar-refractivity contribution in [2.24, 2.45) is 5.92 Å². The molecule has 3 nitrogen and oxygen atoms in total. The van der Waals surface area contributed by atoms with E-state index in [1.54, 1.807) is 0 Å². The standard InChI is InChI=1S/C12H20O3/c1-2-3-10-8-14-12(15-9-10)6-4-11(13)5-7-12/h2,10-11,13H,1,3-9H2. The molecular formula is C12H20O3. The van der Waals surface area contributed by atoms with Gasteiger partial charge in [-0.25, -0.2) is 0 Å². The molecule has 0 aromatic rings. The lowest BCUT2D eigenvalue weighted by atomic mass is 9.90. The number of hydrogen-bond donors (Lipinski definition) is 1. The quantitative estimate of drug-likeness (QED) is 0.710. The van der Waals surface area contributed by atoms with Crippen LogP contribution < -0.4 is 0 Å². The van der Waals surface area contributed by atoms with Gasteiger partial charge in [0.05, 0.1) is 19.3 Å². The second-order valence-electron chi connectivity index (χ2n) is 4.65. The number of aliphatic hydroxyl groups is 1. The molecule has 1 aliphatic heterocycles. The molecule has 1 N–H and O–H groups in total. The fraction of sp³-hybridized carbons (Fsp3) is 0.833. The average Bonchev–Trinajstić information content (AvgIpc) is 2.27. The van der Waals surface area contributed by atoms with Crippen LogP contribution in [0.1, 0.15) is 32.1 Å². The van der Waals surface area contributed by atoms with Gasteiger partial charge >= 0.3 is 0 Å². The largest absolute Gasteiger partial charge is 0.393 e. The zero-order valence-corrected chi connectivity index (χ0v) is 9.15. The van der Waals surface area contributed by atoms with Crippen LogP contribution in [-0.2, 0) is 9.47 Å². The van der Waals surface area contributed by atoms with Gasteiger partial charge in [-0.05, 0) is 19.3 Å². The number of rotatable bonds is 2. The molecule has 0 aromatic carbocycles. The van der Waals surface area contributed by atoms with Crippen molar-refractivity contribution >= 4 is 0 Å². The molecule has 0 radical (unpaired) electrons. The van der Waals surface area contributed by atoms with Crippen molar-refractivity contribution in [3.63, 3.8) is 0 Å². The van der Waals surface area contributed by atoms with Gasteiger partial charge in [-0.3, -0.25) is 0 Å². The van der Waals surface area contributed by atoms with Crippen molar-refractivity contribution in [3.05, 3.63) is 12.7 Å². The SMILES string of the molecule is C=CCC1COC2(CCC(O)CC2)OC1. The summed E-state index contributed by atoms with van der Waals surface area (Å²) < 4.78 is 11.7. The van der Waals surface area contributed by atoms with Crippen LogP contribution >= 0.6 is 0 Å². The molecule has 1 saturated carbocycles. The maximum absolute atomic E-state index is 9.43. The highest BCUT2D eigenvalue weighted by molar-refractivity contribution is 4.84. The van der Waals surface area contributed by atoms with Crippen LogP contribution in [0.15, 0.2) is 12.7 Å². The minimum Gasteiger partial charge on any atom is -0.393 e. The van der Waals surface area contributed by atoms with Crippen molar-refractivity contribution in [1.82, 2.24) is 0 Å². The molecule has 1 saturated heterocycles. The molecule has 0 unspecified atom stereocenters. The van der Waals surface area contributed by atoms with Crippen molar-refractivity contribution in [1.29, 1.82) is 0 Å². The van der Waals surface area contributed by atoms with Gasteiger partial charge in [0, 0.05) is 18.8 Å². The molecule has 0 bridgehead atoms. The van der Waals surface area contributed by atoms with Crippen LogP contribution in [0.25, 0.3) is 0 Å². The lowest BCUT2D eigenvalue weighted by Crippen LogP contribution is -2.47. The van der Waals surface area contributed by atoms with Crippen molar-refractivity contribution in [2.45, 2.75) is 44.0 Å². The Kier molecular flexibility index (Phi) is 3.44.